The first-order chi connectivity index (χ1) is 5.97. The van der Waals surface area contributed by atoms with Gasteiger partial charge in [0.1, 0.15) is 5.82 Å². The second-order valence-corrected chi connectivity index (χ2v) is 4.36. The fourth-order valence-electron chi connectivity index (χ4n) is 1.03. The zero-order valence-corrected chi connectivity index (χ0v) is 9.57. The van der Waals surface area contributed by atoms with Gasteiger partial charge in [0.05, 0.1) is 4.47 Å². The summed E-state index contributed by atoms with van der Waals surface area (Å²) in [6.45, 7) is 4.02. The Morgan fingerprint density at radius 1 is 1.38 bits per heavy atom. The van der Waals surface area contributed by atoms with Gasteiger partial charge in [0.2, 0.25) is 0 Å². The second kappa shape index (κ2) is 3.76. The summed E-state index contributed by atoms with van der Waals surface area (Å²) in [5.41, 5.74) is 0.748. The van der Waals surface area contributed by atoms with Crippen LogP contribution in [0.4, 0.5) is 4.39 Å². The van der Waals surface area contributed by atoms with Crippen molar-refractivity contribution in [3.63, 3.8) is 0 Å². The highest BCUT2D eigenvalue weighted by Gasteiger charge is 2.18. The van der Waals surface area contributed by atoms with Crippen molar-refractivity contribution in [2.75, 3.05) is 7.05 Å². The van der Waals surface area contributed by atoms with E-state index < -0.39 is 0 Å². The lowest BCUT2D eigenvalue weighted by molar-refractivity contribution is 0.441. The van der Waals surface area contributed by atoms with Gasteiger partial charge in [-0.3, -0.25) is 0 Å². The van der Waals surface area contributed by atoms with Gasteiger partial charge in [0.15, 0.2) is 0 Å². The van der Waals surface area contributed by atoms with Crippen molar-refractivity contribution in [2.45, 2.75) is 19.4 Å². The Morgan fingerprint density at radius 3 is 2.46 bits per heavy atom. The van der Waals surface area contributed by atoms with Gasteiger partial charge >= 0.3 is 0 Å². The molecule has 0 amide bonds. The molecule has 1 rings (SSSR count). The van der Waals surface area contributed by atoms with Gasteiger partial charge < -0.3 is 5.32 Å². The zero-order chi connectivity index (χ0) is 10.1. The summed E-state index contributed by atoms with van der Waals surface area (Å²) >= 11 is 3.12. The summed E-state index contributed by atoms with van der Waals surface area (Å²) in [7, 11) is 1.86. The molecule has 0 aliphatic heterocycles. The molecule has 1 N–H and O–H groups in total. The molecule has 0 spiro atoms. The Hall–Kier alpha value is -0.410. The van der Waals surface area contributed by atoms with E-state index in [0.717, 1.165) is 5.56 Å². The van der Waals surface area contributed by atoms with Crippen LogP contribution in [0.3, 0.4) is 0 Å². The lowest BCUT2D eigenvalue weighted by atomic mass is 9.95. The largest absolute Gasteiger partial charge is 0.311 e. The standard InChI is InChI=1S/C10H13BrFN/c1-10(2,13-3)7-4-5-8(11)9(12)6-7/h4-6,13H,1-3H3. The molecular formula is C10H13BrFN. The topological polar surface area (TPSA) is 12.0 Å². The quantitative estimate of drug-likeness (QED) is 0.845. The van der Waals surface area contributed by atoms with Crippen LogP contribution in [-0.2, 0) is 5.54 Å². The summed E-state index contributed by atoms with van der Waals surface area (Å²) in [6, 6.07) is 5.17. The number of hydrogen-bond donors (Lipinski definition) is 1. The van der Waals surface area contributed by atoms with E-state index in [4.69, 9.17) is 0 Å². The highest BCUT2D eigenvalue weighted by Crippen LogP contribution is 2.24. The number of halogens is 2. The Balaban J connectivity index is 3.10. The van der Waals surface area contributed by atoms with Crippen LogP contribution in [0.25, 0.3) is 0 Å². The second-order valence-electron chi connectivity index (χ2n) is 3.50. The molecule has 3 heteroatoms. The molecule has 0 unspecified atom stereocenters. The lowest BCUT2D eigenvalue weighted by Gasteiger charge is -2.24. The van der Waals surface area contributed by atoms with Gasteiger partial charge in [-0.1, -0.05) is 6.07 Å². The molecule has 72 valence electrons. The third-order valence-electron chi connectivity index (χ3n) is 2.27. The van der Waals surface area contributed by atoms with Crippen LogP contribution < -0.4 is 5.32 Å². The maximum Gasteiger partial charge on any atom is 0.137 e. The van der Waals surface area contributed by atoms with Crippen LogP contribution in [0.5, 0.6) is 0 Å². The molecule has 0 aromatic heterocycles. The normalized spacial score (nSPS) is 11.8. The Kier molecular flexibility index (Phi) is 3.09. The Morgan fingerprint density at radius 2 is 2.00 bits per heavy atom. The van der Waals surface area contributed by atoms with Gasteiger partial charge in [-0.05, 0) is 54.5 Å². The molecule has 0 saturated heterocycles. The van der Waals surface area contributed by atoms with E-state index in [1.54, 1.807) is 12.1 Å². The van der Waals surface area contributed by atoms with E-state index in [1.165, 1.54) is 0 Å². The van der Waals surface area contributed by atoms with E-state index in [2.05, 4.69) is 21.2 Å². The fraction of sp³-hybridized carbons (Fsp3) is 0.400. The van der Waals surface area contributed by atoms with Crippen molar-refractivity contribution in [2.24, 2.45) is 0 Å². The first-order valence-electron chi connectivity index (χ1n) is 4.12. The third-order valence-corrected chi connectivity index (χ3v) is 2.91. The smallest absolute Gasteiger partial charge is 0.137 e. The molecule has 0 atom stereocenters. The first-order valence-corrected chi connectivity index (χ1v) is 4.91. The molecule has 0 bridgehead atoms. The van der Waals surface area contributed by atoms with E-state index in [1.807, 2.05) is 27.0 Å². The average Bonchev–Trinajstić information content (AvgIpc) is 2.09. The van der Waals surface area contributed by atoms with Crippen molar-refractivity contribution >= 4 is 15.9 Å². The summed E-state index contributed by atoms with van der Waals surface area (Å²) in [5, 5.41) is 3.12. The van der Waals surface area contributed by atoms with E-state index >= 15 is 0 Å². The molecule has 0 aliphatic carbocycles. The van der Waals surface area contributed by atoms with E-state index in [9.17, 15) is 4.39 Å². The minimum absolute atomic E-state index is 0.193. The molecule has 0 heterocycles. The van der Waals surface area contributed by atoms with Crippen LogP contribution in [0.15, 0.2) is 22.7 Å². The molecule has 0 fully saturated rings. The van der Waals surface area contributed by atoms with Gasteiger partial charge in [-0.15, -0.1) is 0 Å². The molecule has 1 nitrogen and oxygen atoms in total. The Bertz CT molecular complexity index is 310. The molecule has 13 heavy (non-hydrogen) atoms. The van der Waals surface area contributed by atoms with Crippen LogP contribution >= 0.6 is 15.9 Å². The number of hydrogen-bond acceptors (Lipinski definition) is 1. The third kappa shape index (κ3) is 2.29. The maximum atomic E-state index is 13.2. The molecule has 0 radical (unpaired) electrons. The maximum absolute atomic E-state index is 13.2. The van der Waals surface area contributed by atoms with Crippen LogP contribution in [0.2, 0.25) is 0 Å². The van der Waals surface area contributed by atoms with Crippen LogP contribution in [0.1, 0.15) is 19.4 Å². The monoisotopic (exact) mass is 245 g/mol. The predicted octanol–water partition coefficient (Wildman–Crippen LogP) is 3.04. The average molecular weight is 246 g/mol. The van der Waals surface area contributed by atoms with Gasteiger partial charge in [0, 0.05) is 5.54 Å². The predicted molar refractivity (Wildman–Crippen MR) is 56.2 cm³/mol. The minimum atomic E-state index is -0.221. The number of benzene rings is 1. The van der Waals surface area contributed by atoms with E-state index in [-0.39, 0.29) is 11.4 Å². The molecule has 1 aromatic rings. The molecule has 1 aromatic carbocycles. The first kappa shape index (κ1) is 10.7. The molecular weight excluding hydrogens is 233 g/mol. The summed E-state index contributed by atoms with van der Waals surface area (Å²) in [6.07, 6.45) is 0. The van der Waals surface area contributed by atoms with Gasteiger partial charge in [0.25, 0.3) is 0 Å². The molecule has 0 aliphatic rings. The zero-order valence-electron chi connectivity index (χ0n) is 7.99. The highest BCUT2D eigenvalue weighted by atomic mass is 79.9. The van der Waals surface area contributed by atoms with Gasteiger partial charge in [-0.25, -0.2) is 4.39 Å². The minimum Gasteiger partial charge on any atom is -0.311 e. The number of nitrogens with one attached hydrogen (secondary N) is 1. The molecule has 0 saturated carbocycles. The summed E-state index contributed by atoms with van der Waals surface area (Å²) in [5.74, 6) is -0.221. The van der Waals surface area contributed by atoms with Crippen molar-refractivity contribution in [3.8, 4) is 0 Å². The van der Waals surface area contributed by atoms with Crippen LogP contribution in [-0.4, -0.2) is 7.05 Å². The summed E-state index contributed by atoms with van der Waals surface area (Å²) in [4.78, 5) is 0. The van der Waals surface area contributed by atoms with E-state index in [0.29, 0.717) is 4.47 Å². The lowest BCUT2D eigenvalue weighted by Crippen LogP contribution is -2.33. The van der Waals surface area contributed by atoms with Crippen molar-refractivity contribution in [3.05, 3.63) is 34.1 Å². The fourth-order valence-corrected chi connectivity index (χ4v) is 1.28. The highest BCUT2D eigenvalue weighted by molar-refractivity contribution is 9.10. The number of rotatable bonds is 2. The van der Waals surface area contributed by atoms with Crippen molar-refractivity contribution in [1.82, 2.24) is 5.32 Å². The SMILES string of the molecule is CNC(C)(C)c1ccc(Br)c(F)c1. The van der Waals surface area contributed by atoms with Crippen molar-refractivity contribution < 1.29 is 4.39 Å². The Labute approximate surface area is 86.5 Å². The van der Waals surface area contributed by atoms with Crippen molar-refractivity contribution in [1.29, 1.82) is 0 Å². The summed E-state index contributed by atoms with van der Waals surface area (Å²) < 4.78 is 13.7. The van der Waals surface area contributed by atoms with Crippen LogP contribution in [0, 0.1) is 5.82 Å². The van der Waals surface area contributed by atoms with Gasteiger partial charge in [-0.2, -0.15) is 0 Å².